The predicted octanol–water partition coefficient (Wildman–Crippen LogP) is 3.53. The van der Waals surface area contributed by atoms with Crippen molar-refractivity contribution < 1.29 is 35.9 Å². The van der Waals surface area contributed by atoms with Crippen LogP contribution in [-0.2, 0) is 25.7 Å². The van der Waals surface area contributed by atoms with Crippen LogP contribution in [0.4, 0.5) is 18.9 Å². The second-order valence-corrected chi connectivity index (χ2v) is 7.83. The maximum Gasteiger partial charge on any atom is 0.416 e. The second-order valence-electron chi connectivity index (χ2n) is 6.05. The van der Waals surface area contributed by atoms with Gasteiger partial charge in [-0.2, -0.15) is 13.2 Å². The molecule has 3 rings (SSSR count). The summed E-state index contributed by atoms with van der Waals surface area (Å²) in [6.45, 7) is 0. The van der Waals surface area contributed by atoms with E-state index >= 15 is 0 Å². The number of anilines is 1. The molecule has 0 saturated heterocycles. The van der Waals surface area contributed by atoms with Crippen molar-refractivity contribution in [1.82, 2.24) is 0 Å². The van der Waals surface area contributed by atoms with Crippen LogP contribution in [0.15, 0.2) is 47.4 Å². The van der Waals surface area contributed by atoms with E-state index in [1.807, 2.05) is 0 Å². The summed E-state index contributed by atoms with van der Waals surface area (Å²) in [5.74, 6) is -0.336. The van der Waals surface area contributed by atoms with Gasteiger partial charge in [0.1, 0.15) is 5.75 Å². The number of carbonyl (C=O) groups excluding carboxylic acids is 1. The van der Waals surface area contributed by atoms with E-state index in [9.17, 15) is 26.4 Å². The normalized spacial score (nSPS) is 17.9. The van der Waals surface area contributed by atoms with Gasteiger partial charge in [0.25, 0.3) is 10.0 Å². The SMILES string of the molecule is COC(=O)C[C@H]1c2ccc(C(F)(F)F)cc2S(=O)(=O)N1c1cccc(OC)c1. The zero-order chi connectivity index (χ0) is 20.7. The molecule has 6 nitrogen and oxygen atoms in total. The first-order valence-electron chi connectivity index (χ1n) is 8.06. The molecule has 2 aromatic carbocycles. The Hall–Kier alpha value is -2.75. The number of halogens is 3. The third-order valence-electron chi connectivity index (χ3n) is 4.42. The highest BCUT2D eigenvalue weighted by molar-refractivity contribution is 7.93. The van der Waals surface area contributed by atoms with Gasteiger partial charge in [0.05, 0.1) is 42.8 Å². The first kappa shape index (κ1) is 20.0. The van der Waals surface area contributed by atoms with Crippen LogP contribution in [0.1, 0.15) is 23.6 Å². The molecule has 150 valence electrons. The highest BCUT2D eigenvalue weighted by atomic mass is 32.2. The molecule has 0 spiro atoms. The summed E-state index contributed by atoms with van der Waals surface area (Å²) < 4.78 is 76.2. The minimum atomic E-state index is -4.70. The van der Waals surface area contributed by atoms with E-state index in [0.717, 1.165) is 23.5 Å². The monoisotopic (exact) mass is 415 g/mol. The van der Waals surface area contributed by atoms with Crippen LogP contribution in [0.25, 0.3) is 0 Å². The highest BCUT2D eigenvalue weighted by Crippen LogP contribution is 2.46. The molecule has 0 radical (unpaired) electrons. The largest absolute Gasteiger partial charge is 0.497 e. The van der Waals surface area contributed by atoms with Gasteiger partial charge in [-0.3, -0.25) is 9.10 Å². The van der Waals surface area contributed by atoms with Gasteiger partial charge >= 0.3 is 12.1 Å². The van der Waals surface area contributed by atoms with Crippen molar-refractivity contribution in [2.45, 2.75) is 23.5 Å². The van der Waals surface area contributed by atoms with Gasteiger partial charge in [0, 0.05) is 6.07 Å². The van der Waals surface area contributed by atoms with E-state index < -0.39 is 38.7 Å². The first-order valence-corrected chi connectivity index (χ1v) is 9.50. The predicted molar refractivity (Wildman–Crippen MR) is 93.5 cm³/mol. The molecule has 0 fully saturated rings. The van der Waals surface area contributed by atoms with Crippen LogP contribution >= 0.6 is 0 Å². The van der Waals surface area contributed by atoms with Gasteiger partial charge in [0.2, 0.25) is 0 Å². The van der Waals surface area contributed by atoms with Gasteiger partial charge in [-0.15, -0.1) is 0 Å². The van der Waals surface area contributed by atoms with E-state index in [0.29, 0.717) is 11.8 Å². The van der Waals surface area contributed by atoms with Gasteiger partial charge < -0.3 is 9.47 Å². The summed E-state index contributed by atoms with van der Waals surface area (Å²) in [5.41, 5.74) is -0.821. The number of fused-ring (bicyclic) bond motifs is 1. The van der Waals surface area contributed by atoms with Crippen molar-refractivity contribution in [3.05, 3.63) is 53.6 Å². The number of nitrogens with zero attached hydrogens (tertiary/aromatic N) is 1. The number of sulfonamides is 1. The number of ether oxygens (including phenoxy) is 2. The third-order valence-corrected chi connectivity index (χ3v) is 6.31. The smallest absolute Gasteiger partial charge is 0.416 e. The fourth-order valence-electron chi connectivity index (χ4n) is 3.11. The third kappa shape index (κ3) is 3.39. The van der Waals surface area contributed by atoms with Crippen LogP contribution in [0.2, 0.25) is 0 Å². The number of alkyl halides is 3. The summed E-state index contributed by atoms with van der Waals surface area (Å²) in [5, 5.41) is 0. The molecular weight excluding hydrogens is 399 g/mol. The van der Waals surface area contributed by atoms with Crippen molar-refractivity contribution in [2.24, 2.45) is 0 Å². The molecule has 0 saturated carbocycles. The lowest BCUT2D eigenvalue weighted by molar-refractivity contribution is -0.141. The highest BCUT2D eigenvalue weighted by Gasteiger charge is 2.45. The number of esters is 1. The lowest BCUT2D eigenvalue weighted by atomic mass is 10.0. The fraction of sp³-hybridized carbons (Fsp3) is 0.278. The zero-order valence-electron chi connectivity index (χ0n) is 14.9. The maximum atomic E-state index is 13.1. The molecule has 1 atom stereocenters. The molecule has 1 aliphatic rings. The molecule has 0 bridgehead atoms. The Kier molecular flexibility index (Phi) is 5.00. The van der Waals surface area contributed by atoms with Crippen molar-refractivity contribution in [1.29, 1.82) is 0 Å². The molecule has 1 heterocycles. The number of rotatable bonds is 4. The standard InChI is InChI=1S/C18H16F3NO5S/c1-26-13-5-3-4-12(9-13)22-15(10-17(23)27-2)14-7-6-11(18(19,20)21)8-16(14)28(22,24)25/h3-9,15H,10H2,1-2H3/t15-/m0/s1. The van der Waals surface area contributed by atoms with E-state index in [2.05, 4.69) is 4.74 Å². The lowest BCUT2D eigenvalue weighted by Crippen LogP contribution is -2.29. The fourth-order valence-corrected chi connectivity index (χ4v) is 5.01. The molecule has 10 heteroatoms. The number of hydrogen-bond donors (Lipinski definition) is 0. The maximum absolute atomic E-state index is 13.1. The number of methoxy groups -OCH3 is 2. The van der Waals surface area contributed by atoms with Crippen molar-refractivity contribution in [2.75, 3.05) is 18.5 Å². The van der Waals surface area contributed by atoms with E-state index in [4.69, 9.17) is 4.74 Å². The average molecular weight is 415 g/mol. The van der Waals surface area contributed by atoms with Crippen molar-refractivity contribution in [3.63, 3.8) is 0 Å². The minimum Gasteiger partial charge on any atom is -0.497 e. The van der Waals surface area contributed by atoms with E-state index in [-0.39, 0.29) is 17.7 Å². The molecule has 0 aromatic heterocycles. The van der Waals surface area contributed by atoms with Gasteiger partial charge in [-0.25, -0.2) is 8.42 Å². The average Bonchev–Trinajstić information content (AvgIpc) is 2.87. The summed E-state index contributed by atoms with van der Waals surface area (Å²) >= 11 is 0. The Bertz CT molecular complexity index is 1020. The lowest BCUT2D eigenvalue weighted by Gasteiger charge is -2.25. The van der Waals surface area contributed by atoms with Crippen LogP contribution in [-0.4, -0.2) is 28.6 Å². The molecule has 0 aliphatic carbocycles. The van der Waals surface area contributed by atoms with Gasteiger partial charge in [0.15, 0.2) is 0 Å². The molecule has 0 unspecified atom stereocenters. The van der Waals surface area contributed by atoms with Gasteiger partial charge in [-0.1, -0.05) is 12.1 Å². The Morgan fingerprint density at radius 2 is 1.86 bits per heavy atom. The topological polar surface area (TPSA) is 72.9 Å². The number of benzene rings is 2. The number of carbonyl (C=O) groups is 1. The zero-order valence-corrected chi connectivity index (χ0v) is 15.7. The summed E-state index contributed by atoms with van der Waals surface area (Å²) in [4.78, 5) is 11.4. The summed E-state index contributed by atoms with van der Waals surface area (Å²) in [6.07, 6.45) is -5.06. The molecule has 1 aliphatic heterocycles. The Labute approximate surface area is 159 Å². The van der Waals surface area contributed by atoms with Crippen molar-refractivity contribution >= 4 is 21.7 Å². The summed E-state index contributed by atoms with van der Waals surface area (Å²) in [6, 6.07) is 7.48. The van der Waals surface area contributed by atoms with E-state index in [1.54, 1.807) is 12.1 Å². The van der Waals surface area contributed by atoms with Crippen molar-refractivity contribution in [3.8, 4) is 5.75 Å². The number of hydrogen-bond acceptors (Lipinski definition) is 5. The summed E-state index contributed by atoms with van der Waals surface area (Å²) in [7, 11) is -1.80. The minimum absolute atomic E-state index is 0.0984. The van der Waals surface area contributed by atoms with E-state index in [1.165, 1.54) is 19.2 Å². The van der Waals surface area contributed by atoms with Crippen LogP contribution in [0, 0.1) is 0 Å². The van der Waals surface area contributed by atoms with Crippen LogP contribution in [0.3, 0.4) is 0 Å². The molecular formula is C18H16F3NO5S. The Balaban J connectivity index is 2.20. The van der Waals surface area contributed by atoms with Gasteiger partial charge in [-0.05, 0) is 29.8 Å². The molecule has 0 N–H and O–H groups in total. The Morgan fingerprint density at radius 1 is 1.14 bits per heavy atom. The molecule has 28 heavy (non-hydrogen) atoms. The molecule has 0 amide bonds. The van der Waals surface area contributed by atoms with Crippen LogP contribution < -0.4 is 9.04 Å². The second kappa shape index (κ2) is 7.01. The van der Waals surface area contributed by atoms with Crippen LogP contribution in [0.5, 0.6) is 5.75 Å². The Morgan fingerprint density at radius 3 is 2.46 bits per heavy atom. The molecule has 2 aromatic rings. The first-order chi connectivity index (χ1) is 13.1. The quantitative estimate of drug-likeness (QED) is 0.715.